The fourth-order valence-corrected chi connectivity index (χ4v) is 1.60. The maximum Gasteiger partial charge on any atom is 0.137 e. The van der Waals surface area contributed by atoms with Crippen LogP contribution in [0.25, 0.3) is 5.65 Å². The van der Waals surface area contributed by atoms with E-state index in [2.05, 4.69) is 23.2 Å². The highest BCUT2D eigenvalue weighted by molar-refractivity contribution is 5.43. The lowest BCUT2D eigenvalue weighted by Crippen LogP contribution is -1.99. The first-order valence-corrected chi connectivity index (χ1v) is 4.88. The molecule has 14 heavy (non-hydrogen) atoms. The lowest BCUT2D eigenvalue weighted by Gasteiger charge is -2.05. The third kappa shape index (κ3) is 1.40. The van der Waals surface area contributed by atoms with Gasteiger partial charge in [0.15, 0.2) is 0 Å². The molecule has 2 N–H and O–H groups in total. The molecule has 0 spiro atoms. The Balaban J connectivity index is 2.59. The van der Waals surface area contributed by atoms with Gasteiger partial charge in [0.2, 0.25) is 0 Å². The summed E-state index contributed by atoms with van der Waals surface area (Å²) < 4.78 is 2.11. The number of imidazole rings is 1. The molecule has 2 aromatic heterocycles. The Morgan fingerprint density at radius 1 is 1.50 bits per heavy atom. The zero-order chi connectivity index (χ0) is 10.1. The van der Waals surface area contributed by atoms with E-state index in [1.807, 2.05) is 24.5 Å². The van der Waals surface area contributed by atoms with Crippen LogP contribution in [0.5, 0.6) is 0 Å². The van der Waals surface area contributed by atoms with Crippen LogP contribution < -0.4 is 5.73 Å². The summed E-state index contributed by atoms with van der Waals surface area (Å²) >= 11 is 0. The van der Waals surface area contributed by atoms with Gasteiger partial charge in [-0.2, -0.15) is 0 Å². The van der Waals surface area contributed by atoms with E-state index in [0.717, 1.165) is 11.2 Å². The number of nitrogens with zero attached hydrogens (tertiary/aromatic N) is 2. The van der Waals surface area contributed by atoms with Crippen LogP contribution in [0, 0.1) is 0 Å². The highest BCUT2D eigenvalue weighted by atomic mass is 15.0. The molecule has 0 saturated carbocycles. The standard InChI is InChI=1S/C11H15N3/c1-8(2)10-7-13-11-5-9(6-12)3-4-14(10)11/h3-5,7-8H,6,12H2,1-2H3. The maximum atomic E-state index is 5.57. The van der Waals surface area contributed by atoms with Crippen LogP contribution in [-0.2, 0) is 6.54 Å². The van der Waals surface area contributed by atoms with Crippen molar-refractivity contribution < 1.29 is 0 Å². The van der Waals surface area contributed by atoms with Crippen LogP contribution in [0.1, 0.15) is 31.0 Å². The number of nitrogens with two attached hydrogens (primary N) is 1. The zero-order valence-electron chi connectivity index (χ0n) is 8.57. The van der Waals surface area contributed by atoms with Crippen LogP contribution in [0.3, 0.4) is 0 Å². The first kappa shape index (κ1) is 9.21. The van der Waals surface area contributed by atoms with Gasteiger partial charge in [-0.15, -0.1) is 0 Å². The molecule has 0 radical (unpaired) electrons. The summed E-state index contributed by atoms with van der Waals surface area (Å²) in [5.74, 6) is 0.494. The van der Waals surface area contributed by atoms with Gasteiger partial charge in [0.05, 0.1) is 0 Å². The molecular formula is C11H15N3. The largest absolute Gasteiger partial charge is 0.326 e. The SMILES string of the molecule is CC(C)c1cnc2cc(CN)ccn12. The van der Waals surface area contributed by atoms with Crippen LogP contribution in [-0.4, -0.2) is 9.38 Å². The Morgan fingerprint density at radius 2 is 2.29 bits per heavy atom. The molecule has 0 atom stereocenters. The van der Waals surface area contributed by atoms with E-state index in [4.69, 9.17) is 5.73 Å². The van der Waals surface area contributed by atoms with Gasteiger partial charge in [0, 0.05) is 24.6 Å². The van der Waals surface area contributed by atoms with Crippen molar-refractivity contribution in [2.45, 2.75) is 26.3 Å². The summed E-state index contributed by atoms with van der Waals surface area (Å²) in [7, 11) is 0. The Kier molecular flexibility index (Phi) is 2.25. The number of fused-ring (bicyclic) bond motifs is 1. The number of hydrogen-bond acceptors (Lipinski definition) is 2. The summed E-state index contributed by atoms with van der Waals surface area (Å²) in [6, 6.07) is 4.08. The van der Waals surface area contributed by atoms with Crippen molar-refractivity contribution in [2.75, 3.05) is 0 Å². The van der Waals surface area contributed by atoms with Gasteiger partial charge in [-0.05, 0) is 23.6 Å². The van der Waals surface area contributed by atoms with E-state index in [1.54, 1.807) is 0 Å². The molecule has 0 aliphatic rings. The zero-order valence-corrected chi connectivity index (χ0v) is 8.57. The lowest BCUT2D eigenvalue weighted by atomic mass is 10.1. The smallest absolute Gasteiger partial charge is 0.137 e. The van der Waals surface area contributed by atoms with Crippen LogP contribution in [0.2, 0.25) is 0 Å². The highest BCUT2D eigenvalue weighted by Gasteiger charge is 2.06. The molecule has 3 heteroatoms. The number of hydrogen-bond donors (Lipinski definition) is 1. The third-order valence-electron chi connectivity index (χ3n) is 2.43. The summed E-state index contributed by atoms with van der Waals surface area (Å²) in [6.07, 6.45) is 3.97. The molecule has 0 aliphatic carbocycles. The minimum Gasteiger partial charge on any atom is -0.326 e. The fourth-order valence-electron chi connectivity index (χ4n) is 1.60. The van der Waals surface area contributed by atoms with Crippen molar-refractivity contribution in [1.82, 2.24) is 9.38 Å². The topological polar surface area (TPSA) is 43.3 Å². The molecule has 0 saturated heterocycles. The van der Waals surface area contributed by atoms with E-state index >= 15 is 0 Å². The molecular weight excluding hydrogens is 174 g/mol. The minimum absolute atomic E-state index is 0.494. The summed E-state index contributed by atoms with van der Waals surface area (Å²) in [6.45, 7) is 4.90. The van der Waals surface area contributed by atoms with E-state index in [-0.39, 0.29) is 0 Å². The summed E-state index contributed by atoms with van der Waals surface area (Å²) in [5, 5.41) is 0. The molecule has 0 unspecified atom stereocenters. The Morgan fingerprint density at radius 3 is 2.93 bits per heavy atom. The van der Waals surface area contributed by atoms with Gasteiger partial charge in [-0.3, -0.25) is 0 Å². The maximum absolute atomic E-state index is 5.57. The van der Waals surface area contributed by atoms with Crippen molar-refractivity contribution in [3.05, 3.63) is 35.8 Å². The Labute approximate surface area is 83.6 Å². The predicted octanol–water partition coefficient (Wildman–Crippen LogP) is 1.92. The first-order chi connectivity index (χ1) is 6.72. The molecule has 2 aromatic rings. The van der Waals surface area contributed by atoms with Crippen molar-refractivity contribution in [2.24, 2.45) is 5.73 Å². The molecule has 0 fully saturated rings. The van der Waals surface area contributed by atoms with Crippen molar-refractivity contribution in [3.8, 4) is 0 Å². The number of aromatic nitrogens is 2. The summed E-state index contributed by atoms with van der Waals surface area (Å²) in [5.41, 5.74) is 8.92. The van der Waals surface area contributed by atoms with E-state index < -0.39 is 0 Å². The van der Waals surface area contributed by atoms with E-state index in [0.29, 0.717) is 12.5 Å². The molecule has 74 valence electrons. The average molecular weight is 189 g/mol. The fraction of sp³-hybridized carbons (Fsp3) is 0.364. The van der Waals surface area contributed by atoms with Gasteiger partial charge in [0.1, 0.15) is 5.65 Å². The van der Waals surface area contributed by atoms with Crippen molar-refractivity contribution in [1.29, 1.82) is 0 Å². The summed E-state index contributed by atoms with van der Waals surface area (Å²) in [4.78, 5) is 4.36. The Hall–Kier alpha value is -1.35. The Bertz CT molecular complexity index is 443. The average Bonchev–Trinajstić information content (AvgIpc) is 2.59. The predicted molar refractivity (Wildman–Crippen MR) is 57.2 cm³/mol. The van der Waals surface area contributed by atoms with Gasteiger partial charge < -0.3 is 10.1 Å². The van der Waals surface area contributed by atoms with Crippen molar-refractivity contribution in [3.63, 3.8) is 0 Å². The van der Waals surface area contributed by atoms with Crippen molar-refractivity contribution >= 4 is 5.65 Å². The van der Waals surface area contributed by atoms with Crippen LogP contribution in [0.15, 0.2) is 24.5 Å². The molecule has 0 amide bonds. The number of pyridine rings is 1. The van der Waals surface area contributed by atoms with E-state index in [9.17, 15) is 0 Å². The minimum atomic E-state index is 0.494. The molecule has 3 nitrogen and oxygen atoms in total. The van der Waals surface area contributed by atoms with Gasteiger partial charge in [0.25, 0.3) is 0 Å². The van der Waals surface area contributed by atoms with E-state index in [1.165, 1.54) is 5.69 Å². The normalized spacial score (nSPS) is 11.4. The second kappa shape index (κ2) is 3.42. The molecule has 0 aromatic carbocycles. The van der Waals surface area contributed by atoms with Crippen LogP contribution >= 0.6 is 0 Å². The molecule has 0 aliphatic heterocycles. The molecule has 2 heterocycles. The van der Waals surface area contributed by atoms with Crippen LogP contribution in [0.4, 0.5) is 0 Å². The third-order valence-corrected chi connectivity index (χ3v) is 2.43. The van der Waals surface area contributed by atoms with Gasteiger partial charge >= 0.3 is 0 Å². The number of rotatable bonds is 2. The second-order valence-corrected chi connectivity index (χ2v) is 3.81. The first-order valence-electron chi connectivity index (χ1n) is 4.88. The second-order valence-electron chi connectivity index (χ2n) is 3.81. The molecule has 2 rings (SSSR count). The highest BCUT2D eigenvalue weighted by Crippen LogP contribution is 2.16. The molecule has 0 bridgehead atoms. The van der Waals surface area contributed by atoms with Gasteiger partial charge in [-0.25, -0.2) is 4.98 Å². The van der Waals surface area contributed by atoms with Gasteiger partial charge in [-0.1, -0.05) is 13.8 Å². The lowest BCUT2D eigenvalue weighted by molar-refractivity contribution is 0.807. The monoisotopic (exact) mass is 189 g/mol. The quantitative estimate of drug-likeness (QED) is 0.784.